The standard InChI is InChI=1S/C19H25N3O/c1-13(2)22-19(23)18(11-20)12-21-14(3)16-9-8-15-6-4-5-7-17(15)10-16/h8-10,12-14,21H,4-7H2,1-3H3,(H,22,23)/b18-12-. The number of benzene rings is 1. The highest BCUT2D eigenvalue weighted by atomic mass is 16.1. The second-order valence-electron chi connectivity index (χ2n) is 6.42. The highest BCUT2D eigenvalue weighted by Crippen LogP contribution is 2.24. The van der Waals surface area contributed by atoms with Crippen LogP contribution >= 0.6 is 0 Å². The number of aryl methyl sites for hydroxylation is 2. The second-order valence-corrected chi connectivity index (χ2v) is 6.42. The zero-order valence-electron chi connectivity index (χ0n) is 14.1. The van der Waals surface area contributed by atoms with E-state index in [-0.39, 0.29) is 23.6 Å². The molecule has 0 saturated heterocycles. The Balaban J connectivity index is 2.06. The second kappa shape index (κ2) is 7.82. The maximum atomic E-state index is 11.9. The quantitative estimate of drug-likeness (QED) is 0.648. The first-order chi connectivity index (χ1) is 11.0. The number of hydrogen-bond acceptors (Lipinski definition) is 3. The van der Waals surface area contributed by atoms with Crippen molar-refractivity contribution in [1.29, 1.82) is 5.26 Å². The first-order valence-electron chi connectivity index (χ1n) is 8.30. The number of carbonyl (C=O) groups is 1. The van der Waals surface area contributed by atoms with Crippen LogP contribution in [0, 0.1) is 11.3 Å². The van der Waals surface area contributed by atoms with E-state index in [1.165, 1.54) is 42.2 Å². The Morgan fingerprint density at radius 2 is 1.91 bits per heavy atom. The van der Waals surface area contributed by atoms with Gasteiger partial charge in [0.1, 0.15) is 11.6 Å². The predicted octanol–water partition coefficient (Wildman–Crippen LogP) is 3.15. The monoisotopic (exact) mass is 311 g/mol. The zero-order chi connectivity index (χ0) is 16.8. The third-order valence-electron chi connectivity index (χ3n) is 4.14. The van der Waals surface area contributed by atoms with Gasteiger partial charge < -0.3 is 10.6 Å². The van der Waals surface area contributed by atoms with Crippen molar-refractivity contribution in [2.24, 2.45) is 0 Å². The number of fused-ring (bicyclic) bond motifs is 1. The van der Waals surface area contributed by atoms with E-state index >= 15 is 0 Å². The van der Waals surface area contributed by atoms with E-state index in [1.54, 1.807) is 0 Å². The molecule has 0 heterocycles. The van der Waals surface area contributed by atoms with Crippen molar-refractivity contribution in [3.63, 3.8) is 0 Å². The number of hydrogen-bond donors (Lipinski definition) is 2. The van der Waals surface area contributed by atoms with Gasteiger partial charge in [0.05, 0.1) is 0 Å². The van der Waals surface area contributed by atoms with Crippen LogP contribution in [0.4, 0.5) is 0 Å². The summed E-state index contributed by atoms with van der Waals surface area (Å²) in [5.41, 5.74) is 4.17. The van der Waals surface area contributed by atoms with Gasteiger partial charge in [0.2, 0.25) is 0 Å². The van der Waals surface area contributed by atoms with E-state index in [0.29, 0.717) is 0 Å². The van der Waals surface area contributed by atoms with Gasteiger partial charge in [-0.05, 0) is 63.1 Å². The molecule has 0 aliphatic heterocycles. The Morgan fingerprint density at radius 3 is 2.57 bits per heavy atom. The molecule has 2 N–H and O–H groups in total. The van der Waals surface area contributed by atoms with Crippen molar-refractivity contribution in [2.45, 2.75) is 58.5 Å². The molecule has 1 atom stereocenters. The highest BCUT2D eigenvalue weighted by molar-refractivity contribution is 5.97. The molecule has 122 valence electrons. The molecule has 1 amide bonds. The lowest BCUT2D eigenvalue weighted by Gasteiger charge is -2.19. The lowest BCUT2D eigenvalue weighted by atomic mass is 9.89. The van der Waals surface area contributed by atoms with E-state index < -0.39 is 0 Å². The fraction of sp³-hybridized carbons (Fsp3) is 0.474. The van der Waals surface area contributed by atoms with Crippen molar-refractivity contribution >= 4 is 5.91 Å². The fourth-order valence-corrected chi connectivity index (χ4v) is 2.82. The molecule has 0 saturated carbocycles. The molecule has 4 nitrogen and oxygen atoms in total. The van der Waals surface area contributed by atoms with Gasteiger partial charge in [0.15, 0.2) is 0 Å². The van der Waals surface area contributed by atoms with Gasteiger partial charge in [-0.15, -0.1) is 0 Å². The summed E-state index contributed by atoms with van der Waals surface area (Å²) in [6.45, 7) is 5.78. The van der Waals surface area contributed by atoms with Crippen LogP contribution in [-0.2, 0) is 17.6 Å². The lowest BCUT2D eigenvalue weighted by molar-refractivity contribution is -0.117. The Bertz CT molecular complexity index is 641. The van der Waals surface area contributed by atoms with Crippen molar-refractivity contribution in [3.8, 4) is 6.07 Å². The van der Waals surface area contributed by atoms with Gasteiger partial charge in [-0.2, -0.15) is 5.26 Å². The summed E-state index contributed by atoms with van der Waals surface area (Å²) >= 11 is 0. The number of amides is 1. The predicted molar refractivity (Wildman–Crippen MR) is 91.6 cm³/mol. The van der Waals surface area contributed by atoms with E-state index in [0.717, 1.165) is 6.42 Å². The van der Waals surface area contributed by atoms with Crippen molar-refractivity contribution < 1.29 is 4.79 Å². The topological polar surface area (TPSA) is 64.9 Å². The average Bonchev–Trinajstić information content (AvgIpc) is 2.54. The van der Waals surface area contributed by atoms with Crippen molar-refractivity contribution in [1.82, 2.24) is 10.6 Å². The number of rotatable bonds is 5. The smallest absolute Gasteiger partial charge is 0.263 e. The van der Waals surface area contributed by atoms with Gasteiger partial charge in [0, 0.05) is 18.3 Å². The molecule has 1 unspecified atom stereocenters. The van der Waals surface area contributed by atoms with Crippen LogP contribution in [0.1, 0.15) is 56.3 Å². The average molecular weight is 311 g/mol. The van der Waals surface area contributed by atoms with Crippen molar-refractivity contribution in [3.05, 3.63) is 46.7 Å². The van der Waals surface area contributed by atoms with Gasteiger partial charge in [-0.25, -0.2) is 0 Å². The maximum absolute atomic E-state index is 11.9. The zero-order valence-corrected chi connectivity index (χ0v) is 14.1. The molecule has 0 fully saturated rings. The number of nitriles is 1. The van der Waals surface area contributed by atoms with E-state index in [4.69, 9.17) is 5.26 Å². The molecule has 1 aromatic rings. The van der Waals surface area contributed by atoms with Crippen LogP contribution in [0.15, 0.2) is 30.0 Å². The summed E-state index contributed by atoms with van der Waals surface area (Å²) in [5, 5.41) is 15.0. The SMILES string of the molecule is CC(C)NC(=O)/C(C#N)=C\NC(C)c1ccc2c(c1)CCCC2. The summed E-state index contributed by atoms with van der Waals surface area (Å²) in [6.07, 6.45) is 6.37. The number of carbonyl (C=O) groups excluding carboxylic acids is 1. The van der Waals surface area contributed by atoms with Crippen LogP contribution in [0.2, 0.25) is 0 Å². The molecule has 4 heteroatoms. The summed E-state index contributed by atoms with van der Waals surface area (Å²) in [5.74, 6) is -0.340. The van der Waals surface area contributed by atoms with Crippen LogP contribution in [0.5, 0.6) is 0 Å². The molecular formula is C19H25N3O. The fourth-order valence-electron chi connectivity index (χ4n) is 2.82. The third kappa shape index (κ3) is 4.59. The van der Waals surface area contributed by atoms with Gasteiger partial charge in [-0.3, -0.25) is 4.79 Å². The van der Waals surface area contributed by atoms with E-state index in [1.807, 2.05) is 26.8 Å². The normalized spacial score (nSPS) is 15.5. The van der Waals surface area contributed by atoms with Gasteiger partial charge in [0.25, 0.3) is 5.91 Å². The Hall–Kier alpha value is -2.28. The lowest BCUT2D eigenvalue weighted by Crippen LogP contribution is -2.31. The van der Waals surface area contributed by atoms with Crippen LogP contribution < -0.4 is 10.6 Å². The molecule has 23 heavy (non-hydrogen) atoms. The molecular weight excluding hydrogens is 286 g/mol. The molecule has 0 aromatic heterocycles. The summed E-state index contributed by atoms with van der Waals surface area (Å²) in [6, 6.07) is 8.61. The van der Waals surface area contributed by atoms with Crippen molar-refractivity contribution in [2.75, 3.05) is 0 Å². The first kappa shape index (κ1) is 17.1. The Kier molecular flexibility index (Phi) is 5.81. The molecule has 1 aliphatic carbocycles. The molecule has 1 aliphatic rings. The number of nitrogens with zero attached hydrogens (tertiary/aromatic N) is 1. The van der Waals surface area contributed by atoms with Crippen LogP contribution in [-0.4, -0.2) is 11.9 Å². The number of nitrogens with one attached hydrogen (secondary N) is 2. The Morgan fingerprint density at radius 1 is 1.22 bits per heavy atom. The molecule has 0 radical (unpaired) electrons. The first-order valence-corrected chi connectivity index (χ1v) is 8.30. The summed E-state index contributed by atoms with van der Waals surface area (Å²) in [4.78, 5) is 11.9. The maximum Gasteiger partial charge on any atom is 0.263 e. The van der Waals surface area contributed by atoms with Gasteiger partial charge >= 0.3 is 0 Å². The molecule has 2 rings (SSSR count). The largest absolute Gasteiger partial charge is 0.383 e. The third-order valence-corrected chi connectivity index (χ3v) is 4.14. The van der Waals surface area contributed by atoms with E-state index in [2.05, 4.69) is 28.8 Å². The molecule has 0 bridgehead atoms. The minimum absolute atomic E-state index is 0.0114. The van der Waals surface area contributed by atoms with E-state index in [9.17, 15) is 4.79 Å². The molecule has 0 spiro atoms. The van der Waals surface area contributed by atoms with Gasteiger partial charge in [-0.1, -0.05) is 18.2 Å². The summed E-state index contributed by atoms with van der Waals surface area (Å²) < 4.78 is 0. The minimum Gasteiger partial charge on any atom is -0.383 e. The van der Waals surface area contributed by atoms with Crippen LogP contribution in [0.3, 0.4) is 0 Å². The Labute approximate surface area is 138 Å². The minimum atomic E-state index is -0.340. The van der Waals surface area contributed by atoms with Crippen LogP contribution in [0.25, 0.3) is 0 Å². The highest BCUT2D eigenvalue weighted by Gasteiger charge is 2.13. The summed E-state index contributed by atoms with van der Waals surface area (Å²) in [7, 11) is 0. The molecule has 1 aromatic carbocycles.